The molecule has 6 nitrogen and oxygen atoms in total. The van der Waals surface area contributed by atoms with Gasteiger partial charge in [0.25, 0.3) is 0 Å². The van der Waals surface area contributed by atoms with Crippen molar-refractivity contribution in [3.8, 4) is 0 Å². The first-order valence-corrected chi connectivity index (χ1v) is 8.12. The van der Waals surface area contributed by atoms with Crippen LogP contribution in [0.4, 0.5) is 4.39 Å². The van der Waals surface area contributed by atoms with Crippen LogP contribution in [0.5, 0.6) is 0 Å². The molecule has 8 heteroatoms. The van der Waals surface area contributed by atoms with Gasteiger partial charge in [-0.15, -0.1) is 0 Å². The second-order valence-corrected chi connectivity index (χ2v) is 6.91. The van der Waals surface area contributed by atoms with Crippen LogP contribution in [0, 0.1) is 5.82 Å². The number of aliphatic imine (C=N–C) groups is 1. The van der Waals surface area contributed by atoms with Crippen molar-refractivity contribution in [3.63, 3.8) is 0 Å². The highest BCUT2D eigenvalue weighted by molar-refractivity contribution is 7.89. The fraction of sp³-hybridized carbons (Fsp3) is 0.462. The first kappa shape index (κ1) is 15.7. The fourth-order valence-electron chi connectivity index (χ4n) is 1.86. The molecule has 2 rings (SSSR count). The monoisotopic (exact) mass is 314 g/mol. The van der Waals surface area contributed by atoms with Crippen LogP contribution in [-0.4, -0.2) is 56.8 Å². The first-order valence-electron chi connectivity index (χ1n) is 6.68. The maximum atomic E-state index is 12.8. The molecular weight excluding hydrogens is 295 g/mol. The molecule has 1 aromatic rings. The molecule has 21 heavy (non-hydrogen) atoms. The molecule has 0 radical (unpaired) electrons. The normalized spacial score (nSPS) is 16.1. The molecule has 116 valence electrons. The molecule has 1 aliphatic rings. The maximum absolute atomic E-state index is 12.8. The van der Waals surface area contributed by atoms with Crippen molar-refractivity contribution in [1.29, 1.82) is 0 Å². The van der Waals surface area contributed by atoms with Crippen LogP contribution in [-0.2, 0) is 10.0 Å². The van der Waals surface area contributed by atoms with Crippen molar-refractivity contribution in [3.05, 3.63) is 30.1 Å². The summed E-state index contributed by atoms with van der Waals surface area (Å²) in [7, 11) is -2.16. The average Bonchev–Trinajstić information content (AvgIpc) is 2.37. The third-order valence-corrected chi connectivity index (χ3v) is 5.26. The lowest BCUT2D eigenvalue weighted by molar-refractivity contribution is 0.295. The van der Waals surface area contributed by atoms with E-state index in [0.717, 1.165) is 31.6 Å². The maximum Gasteiger partial charge on any atom is 0.242 e. The summed E-state index contributed by atoms with van der Waals surface area (Å²) in [6, 6.07) is 4.75. The van der Waals surface area contributed by atoms with Gasteiger partial charge in [0.05, 0.1) is 11.4 Å². The Bertz CT molecular complexity index is 612. The van der Waals surface area contributed by atoms with Crippen molar-refractivity contribution in [1.82, 2.24) is 9.21 Å². The van der Waals surface area contributed by atoms with Gasteiger partial charge in [0.1, 0.15) is 5.82 Å². The fourth-order valence-corrected chi connectivity index (χ4v) is 3.02. The highest BCUT2D eigenvalue weighted by Crippen LogP contribution is 2.14. The molecule has 1 heterocycles. The lowest BCUT2D eigenvalue weighted by Crippen LogP contribution is -2.46. The topological polar surface area (TPSA) is 79.0 Å². The number of rotatable bonds is 5. The van der Waals surface area contributed by atoms with Gasteiger partial charge in [-0.05, 0) is 30.7 Å². The third-order valence-electron chi connectivity index (χ3n) is 3.39. The molecule has 1 fully saturated rings. The summed E-state index contributed by atoms with van der Waals surface area (Å²) in [6.45, 7) is 2.31. The van der Waals surface area contributed by atoms with E-state index in [1.54, 1.807) is 0 Å². The van der Waals surface area contributed by atoms with Crippen LogP contribution >= 0.6 is 0 Å². The zero-order chi connectivity index (χ0) is 15.5. The summed E-state index contributed by atoms with van der Waals surface area (Å²) in [5.41, 5.74) is 5.77. The number of sulfonamides is 1. The van der Waals surface area contributed by atoms with Crippen molar-refractivity contribution < 1.29 is 12.8 Å². The summed E-state index contributed by atoms with van der Waals surface area (Å²) < 4.78 is 38.5. The Labute approximate surface area is 124 Å². The second kappa shape index (κ2) is 6.40. The number of nitrogens with zero attached hydrogens (tertiary/aromatic N) is 3. The van der Waals surface area contributed by atoms with Gasteiger partial charge in [0, 0.05) is 26.7 Å². The van der Waals surface area contributed by atoms with Crippen LogP contribution in [0.1, 0.15) is 6.42 Å². The predicted molar refractivity (Wildman–Crippen MR) is 78.9 cm³/mol. The van der Waals surface area contributed by atoms with E-state index in [2.05, 4.69) is 4.99 Å². The summed E-state index contributed by atoms with van der Waals surface area (Å²) in [6.07, 6.45) is 1.11. The highest BCUT2D eigenvalue weighted by Gasteiger charge is 2.20. The molecule has 0 saturated carbocycles. The minimum absolute atomic E-state index is 0.0612. The molecule has 1 saturated heterocycles. The first-order chi connectivity index (χ1) is 9.91. The third kappa shape index (κ3) is 3.70. The van der Waals surface area contributed by atoms with Gasteiger partial charge < -0.3 is 10.6 Å². The van der Waals surface area contributed by atoms with Crippen LogP contribution < -0.4 is 5.73 Å². The number of likely N-dealkylation sites (tertiary alicyclic amines) is 1. The Hall–Kier alpha value is -1.67. The highest BCUT2D eigenvalue weighted by atomic mass is 32.2. The second-order valence-electron chi connectivity index (χ2n) is 4.86. The quantitative estimate of drug-likeness (QED) is 0.633. The summed E-state index contributed by atoms with van der Waals surface area (Å²) in [5.74, 6) is -0.0163. The van der Waals surface area contributed by atoms with Gasteiger partial charge in [-0.1, -0.05) is 0 Å². The van der Waals surface area contributed by atoms with E-state index in [9.17, 15) is 12.8 Å². The Morgan fingerprint density at radius 3 is 2.52 bits per heavy atom. The SMILES string of the molecule is CN(CCN=C(N)N1CCC1)S(=O)(=O)c1ccc(F)cc1. The van der Waals surface area contributed by atoms with E-state index < -0.39 is 15.8 Å². The number of hydrogen-bond acceptors (Lipinski definition) is 3. The van der Waals surface area contributed by atoms with Crippen molar-refractivity contribution in [2.75, 3.05) is 33.2 Å². The van der Waals surface area contributed by atoms with Gasteiger partial charge in [0.15, 0.2) is 5.96 Å². The molecule has 2 N–H and O–H groups in total. The molecule has 0 aromatic heterocycles. The minimum Gasteiger partial charge on any atom is -0.370 e. The number of halogens is 1. The molecule has 0 amide bonds. The average molecular weight is 314 g/mol. The molecule has 0 atom stereocenters. The van der Waals surface area contributed by atoms with Crippen molar-refractivity contribution in [2.24, 2.45) is 10.7 Å². The van der Waals surface area contributed by atoms with E-state index in [1.807, 2.05) is 4.90 Å². The van der Waals surface area contributed by atoms with Gasteiger partial charge in [0.2, 0.25) is 10.0 Å². The van der Waals surface area contributed by atoms with Crippen molar-refractivity contribution in [2.45, 2.75) is 11.3 Å². The van der Waals surface area contributed by atoms with E-state index in [4.69, 9.17) is 5.73 Å². The minimum atomic E-state index is -3.62. The molecule has 0 bridgehead atoms. The van der Waals surface area contributed by atoms with Gasteiger partial charge in [-0.2, -0.15) is 4.31 Å². The molecule has 0 unspecified atom stereocenters. The number of benzene rings is 1. The number of nitrogens with two attached hydrogens (primary N) is 1. The van der Waals surface area contributed by atoms with E-state index in [1.165, 1.54) is 23.5 Å². The Morgan fingerprint density at radius 2 is 2.00 bits per heavy atom. The van der Waals surface area contributed by atoms with E-state index in [-0.39, 0.29) is 11.4 Å². The molecule has 0 spiro atoms. The van der Waals surface area contributed by atoms with Crippen molar-refractivity contribution >= 4 is 16.0 Å². The van der Waals surface area contributed by atoms with Gasteiger partial charge in [-0.25, -0.2) is 12.8 Å². The standard InChI is InChI=1S/C13H19FN4O2S/c1-17(10-7-16-13(15)18-8-2-9-18)21(19,20)12-5-3-11(14)4-6-12/h3-6H,2,7-10H2,1H3,(H2,15,16). The van der Waals surface area contributed by atoms with E-state index >= 15 is 0 Å². The molecule has 1 aromatic carbocycles. The number of guanidine groups is 1. The van der Waals surface area contributed by atoms with Gasteiger partial charge in [-0.3, -0.25) is 4.99 Å². The smallest absolute Gasteiger partial charge is 0.242 e. The zero-order valence-corrected chi connectivity index (χ0v) is 12.7. The Kier molecular flexibility index (Phi) is 4.79. The van der Waals surface area contributed by atoms with Crippen LogP contribution in [0.25, 0.3) is 0 Å². The largest absolute Gasteiger partial charge is 0.370 e. The predicted octanol–water partition coefficient (Wildman–Crippen LogP) is 0.467. The number of likely N-dealkylation sites (N-methyl/N-ethyl adjacent to an activating group) is 1. The number of hydrogen-bond donors (Lipinski definition) is 1. The van der Waals surface area contributed by atoms with E-state index in [0.29, 0.717) is 12.5 Å². The van der Waals surface area contributed by atoms with Gasteiger partial charge >= 0.3 is 0 Å². The molecular formula is C13H19FN4O2S. The molecule has 0 aliphatic carbocycles. The Morgan fingerprint density at radius 1 is 1.38 bits per heavy atom. The Balaban J connectivity index is 1.95. The molecule has 1 aliphatic heterocycles. The van der Waals surface area contributed by atoms with Crippen LogP contribution in [0.3, 0.4) is 0 Å². The zero-order valence-electron chi connectivity index (χ0n) is 11.9. The lowest BCUT2D eigenvalue weighted by Gasteiger charge is -2.31. The van der Waals surface area contributed by atoms with Crippen LogP contribution in [0.2, 0.25) is 0 Å². The van der Waals surface area contributed by atoms with Crippen LogP contribution in [0.15, 0.2) is 34.2 Å². The summed E-state index contributed by atoms with van der Waals surface area (Å²) in [4.78, 5) is 6.16. The lowest BCUT2D eigenvalue weighted by atomic mass is 10.2. The summed E-state index contributed by atoms with van der Waals surface area (Å²) in [5, 5.41) is 0. The summed E-state index contributed by atoms with van der Waals surface area (Å²) >= 11 is 0.